The SMILES string of the molecule is [C]1=CCCCCC=CC=CCCC1. The summed E-state index contributed by atoms with van der Waals surface area (Å²) in [5, 5.41) is 0. The Hall–Kier alpha value is -0.780. The van der Waals surface area contributed by atoms with Gasteiger partial charge in [0.1, 0.15) is 0 Å². The van der Waals surface area contributed by atoms with Crippen molar-refractivity contribution in [1.82, 2.24) is 0 Å². The van der Waals surface area contributed by atoms with Crippen molar-refractivity contribution in [3.8, 4) is 0 Å². The second kappa shape index (κ2) is 7.85. The van der Waals surface area contributed by atoms with E-state index in [1.165, 1.54) is 38.5 Å². The molecular formula is C13H19. The van der Waals surface area contributed by atoms with Gasteiger partial charge in [-0.1, -0.05) is 30.4 Å². The first-order chi connectivity index (χ1) is 6.50. The van der Waals surface area contributed by atoms with E-state index in [0.717, 1.165) is 6.42 Å². The molecule has 0 aromatic carbocycles. The smallest absolute Gasteiger partial charge is 0.0276 e. The average Bonchev–Trinajstić information content (AvgIpc) is 2.18. The van der Waals surface area contributed by atoms with Crippen molar-refractivity contribution in [1.29, 1.82) is 0 Å². The third kappa shape index (κ3) is 6.39. The zero-order valence-corrected chi connectivity index (χ0v) is 8.34. The number of hydrogen-bond acceptors (Lipinski definition) is 0. The first kappa shape index (κ1) is 10.3. The molecule has 0 spiro atoms. The summed E-state index contributed by atoms with van der Waals surface area (Å²) in [6.07, 6.45) is 23.0. The monoisotopic (exact) mass is 175 g/mol. The van der Waals surface area contributed by atoms with Crippen LogP contribution in [0.3, 0.4) is 0 Å². The van der Waals surface area contributed by atoms with E-state index in [0.29, 0.717) is 0 Å². The predicted molar refractivity (Wildman–Crippen MR) is 58.4 cm³/mol. The van der Waals surface area contributed by atoms with Crippen molar-refractivity contribution in [2.75, 3.05) is 0 Å². The molecule has 0 atom stereocenters. The minimum Gasteiger partial charge on any atom is -0.0845 e. The van der Waals surface area contributed by atoms with Crippen LogP contribution in [0.25, 0.3) is 0 Å². The summed E-state index contributed by atoms with van der Waals surface area (Å²) in [7, 11) is 0. The van der Waals surface area contributed by atoms with Gasteiger partial charge in [0, 0.05) is 0 Å². The summed E-state index contributed by atoms with van der Waals surface area (Å²) in [4.78, 5) is 0. The van der Waals surface area contributed by atoms with E-state index in [9.17, 15) is 0 Å². The van der Waals surface area contributed by atoms with Gasteiger partial charge in [-0.25, -0.2) is 0 Å². The van der Waals surface area contributed by atoms with E-state index in [1.54, 1.807) is 0 Å². The van der Waals surface area contributed by atoms with E-state index < -0.39 is 0 Å². The summed E-state index contributed by atoms with van der Waals surface area (Å²) < 4.78 is 0. The van der Waals surface area contributed by atoms with Crippen LogP contribution in [0.15, 0.2) is 30.4 Å². The highest BCUT2D eigenvalue weighted by Gasteiger charge is 1.85. The Labute approximate surface area is 82.0 Å². The summed E-state index contributed by atoms with van der Waals surface area (Å²) in [5.74, 6) is 0. The van der Waals surface area contributed by atoms with Gasteiger partial charge >= 0.3 is 0 Å². The molecule has 0 aliphatic heterocycles. The largest absolute Gasteiger partial charge is 0.0845 e. The molecule has 0 nitrogen and oxygen atoms in total. The lowest BCUT2D eigenvalue weighted by Crippen LogP contribution is -1.73. The standard InChI is InChI=1S/C13H19/c1-2-4-6-8-10-12-13-11-9-7-5-3-1/h1-4,13H,5-11H2. The van der Waals surface area contributed by atoms with Gasteiger partial charge in [-0.2, -0.15) is 0 Å². The molecule has 1 aliphatic rings. The van der Waals surface area contributed by atoms with Crippen molar-refractivity contribution in [2.24, 2.45) is 0 Å². The molecular weight excluding hydrogens is 156 g/mol. The fourth-order valence-corrected chi connectivity index (χ4v) is 1.38. The lowest BCUT2D eigenvalue weighted by molar-refractivity contribution is 0.757. The fraction of sp³-hybridized carbons (Fsp3) is 0.538. The van der Waals surface area contributed by atoms with Crippen LogP contribution in [0.5, 0.6) is 0 Å². The Morgan fingerprint density at radius 2 is 1.46 bits per heavy atom. The summed E-state index contributed by atoms with van der Waals surface area (Å²) >= 11 is 0. The first-order valence-corrected chi connectivity index (χ1v) is 5.37. The molecule has 0 aromatic heterocycles. The molecule has 71 valence electrons. The highest BCUT2D eigenvalue weighted by molar-refractivity contribution is 5.02. The summed E-state index contributed by atoms with van der Waals surface area (Å²) in [6, 6.07) is 0. The average molecular weight is 175 g/mol. The summed E-state index contributed by atoms with van der Waals surface area (Å²) in [5.41, 5.74) is 0. The van der Waals surface area contributed by atoms with Gasteiger partial charge in [0.05, 0.1) is 0 Å². The highest BCUT2D eigenvalue weighted by Crippen LogP contribution is 2.04. The maximum Gasteiger partial charge on any atom is -0.0276 e. The topological polar surface area (TPSA) is 0 Å². The number of hydrogen-bond donors (Lipinski definition) is 0. The molecule has 0 heteroatoms. The molecule has 0 saturated carbocycles. The third-order valence-corrected chi connectivity index (χ3v) is 2.19. The first-order valence-electron chi connectivity index (χ1n) is 5.37. The van der Waals surface area contributed by atoms with Crippen LogP contribution >= 0.6 is 0 Å². The van der Waals surface area contributed by atoms with E-state index in [1.807, 2.05) is 0 Å². The molecule has 0 saturated heterocycles. The van der Waals surface area contributed by atoms with Gasteiger partial charge in [-0.05, 0) is 51.0 Å². The zero-order chi connectivity index (χ0) is 9.19. The molecule has 1 radical (unpaired) electrons. The Bertz CT molecular complexity index is 184. The van der Waals surface area contributed by atoms with E-state index >= 15 is 0 Å². The molecule has 1 aliphatic carbocycles. The van der Waals surface area contributed by atoms with Gasteiger partial charge in [0.25, 0.3) is 0 Å². The molecule has 1 rings (SSSR count). The van der Waals surface area contributed by atoms with Crippen molar-refractivity contribution in [2.45, 2.75) is 44.9 Å². The Morgan fingerprint density at radius 1 is 0.769 bits per heavy atom. The minimum absolute atomic E-state index is 1.12. The molecule has 0 amide bonds. The molecule has 0 unspecified atom stereocenters. The molecule has 0 aromatic rings. The molecule has 0 N–H and O–H groups in total. The highest BCUT2D eigenvalue weighted by atomic mass is 13.9. The van der Waals surface area contributed by atoms with Crippen LogP contribution in [0, 0.1) is 6.08 Å². The van der Waals surface area contributed by atoms with Crippen LogP contribution in [0.2, 0.25) is 0 Å². The Morgan fingerprint density at radius 3 is 2.31 bits per heavy atom. The lowest BCUT2D eigenvalue weighted by Gasteiger charge is -1.92. The van der Waals surface area contributed by atoms with Gasteiger partial charge < -0.3 is 0 Å². The maximum atomic E-state index is 3.34. The van der Waals surface area contributed by atoms with Crippen LogP contribution in [-0.2, 0) is 0 Å². The molecule has 0 fully saturated rings. The second-order valence-corrected chi connectivity index (χ2v) is 3.44. The maximum absolute atomic E-state index is 3.34. The lowest BCUT2D eigenvalue weighted by atomic mass is 10.1. The van der Waals surface area contributed by atoms with E-state index in [-0.39, 0.29) is 0 Å². The third-order valence-electron chi connectivity index (χ3n) is 2.19. The van der Waals surface area contributed by atoms with Crippen molar-refractivity contribution in [3.63, 3.8) is 0 Å². The van der Waals surface area contributed by atoms with E-state index in [4.69, 9.17) is 0 Å². The normalized spacial score (nSPS) is 20.3. The second-order valence-electron chi connectivity index (χ2n) is 3.44. The minimum atomic E-state index is 1.12. The van der Waals surface area contributed by atoms with Gasteiger partial charge in [0.2, 0.25) is 0 Å². The molecule has 0 bridgehead atoms. The van der Waals surface area contributed by atoms with Gasteiger partial charge in [-0.15, -0.1) is 0 Å². The van der Waals surface area contributed by atoms with Gasteiger partial charge in [-0.3, -0.25) is 0 Å². The van der Waals surface area contributed by atoms with Crippen LogP contribution in [0.1, 0.15) is 44.9 Å². The van der Waals surface area contributed by atoms with E-state index in [2.05, 4.69) is 36.5 Å². The number of allylic oxidation sites excluding steroid dienone is 6. The summed E-state index contributed by atoms with van der Waals surface area (Å²) in [6.45, 7) is 0. The molecule has 13 heavy (non-hydrogen) atoms. The van der Waals surface area contributed by atoms with Crippen molar-refractivity contribution in [3.05, 3.63) is 36.5 Å². The fourth-order valence-electron chi connectivity index (χ4n) is 1.38. The Kier molecular flexibility index (Phi) is 6.22. The number of rotatable bonds is 0. The molecule has 0 heterocycles. The van der Waals surface area contributed by atoms with Crippen molar-refractivity contribution < 1.29 is 0 Å². The van der Waals surface area contributed by atoms with Crippen LogP contribution in [0.4, 0.5) is 0 Å². The predicted octanol–water partition coefficient (Wildman–Crippen LogP) is 4.20. The van der Waals surface area contributed by atoms with Gasteiger partial charge in [0.15, 0.2) is 0 Å². The quantitative estimate of drug-likeness (QED) is 0.517. The van der Waals surface area contributed by atoms with Crippen molar-refractivity contribution >= 4 is 0 Å². The Balaban J connectivity index is 2.28. The van der Waals surface area contributed by atoms with Crippen LogP contribution < -0.4 is 0 Å². The van der Waals surface area contributed by atoms with Crippen LogP contribution in [-0.4, -0.2) is 0 Å². The zero-order valence-electron chi connectivity index (χ0n) is 8.34.